The molecule has 1 unspecified atom stereocenters. The second-order valence-corrected chi connectivity index (χ2v) is 10.1. The fourth-order valence-corrected chi connectivity index (χ4v) is 5.45. The van der Waals surface area contributed by atoms with Gasteiger partial charge < -0.3 is 14.5 Å². The first-order chi connectivity index (χ1) is 16.8. The predicted molar refractivity (Wildman–Crippen MR) is 125 cm³/mol. The van der Waals surface area contributed by atoms with Gasteiger partial charge >= 0.3 is 0 Å². The van der Waals surface area contributed by atoms with Crippen molar-refractivity contribution in [1.29, 1.82) is 5.26 Å². The van der Waals surface area contributed by atoms with E-state index in [2.05, 4.69) is 20.7 Å². The minimum atomic E-state index is -4.99. The fraction of sp³-hybridized carbons (Fsp3) is 0.217. The van der Waals surface area contributed by atoms with E-state index in [1.807, 2.05) is 48.7 Å². The minimum Gasteiger partial charge on any atom is -0.756 e. The summed E-state index contributed by atoms with van der Waals surface area (Å²) in [5.74, 6) is 0.300. The van der Waals surface area contributed by atoms with Crippen molar-refractivity contribution in [2.45, 2.75) is 25.0 Å². The van der Waals surface area contributed by atoms with Crippen molar-refractivity contribution < 1.29 is 23.6 Å². The highest BCUT2D eigenvalue weighted by molar-refractivity contribution is 7.44. The summed E-state index contributed by atoms with van der Waals surface area (Å²) >= 11 is 1.44. The van der Waals surface area contributed by atoms with Gasteiger partial charge in [0, 0.05) is 22.4 Å². The average molecular weight is 508 g/mol. The third kappa shape index (κ3) is 4.44. The van der Waals surface area contributed by atoms with Crippen LogP contribution < -0.4 is 4.89 Å². The number of benzene rings is 2. The molecule has 0 amide bonds. The molecule has 3 heterocycles. The first kappa shape index (κ1) is 23.5. The quantitative estimate of drug-likeness (QED) is 0.293. The fourth-order valence-electron chi connectivity index (χ4n) is 4.29. The zero-order chi connectivity index (χ0) is 24.6. The first-order valence-corrected chi connectivity index (χ1v) is 12.9. The number of thiazole rings is 1. The van der Waals surface area contributed by atoms with Crippen LogP contribution in [0.5, 0.6) is 0 Å². The number of phosphoric acid groups is 1. The van der Waals surface area contributed by atoms with Gasteiger partial charge in [0.2, 0.25) is 0 Å². The number of fused-ring (bicyclic) bond motifs is 3. The maximum atomic E-state index is 11.2. The summed E-state index contributed by atoms with van der Waals surface area (Å²) in [6, 6.07) is 16.8. The highest BCUT2D eigenvalue weighted by Crippen LogP contribution is 2.49. The van der Waals surface area contributed by atoms with Gasteiger partial charge in [0.25, 0.3) is 7.82 Å². The molecule has 178 valence electrons. The van der Waals surface area contributed by atoms with Gasteiger partial charge in [-0.2, -0.15) is 10.4 Å². The van der Waals surface area contributed by atoms with Crippen molar-refractivity contribution in [3.8, 4) is 28.7 Å². The van der Waals surface area contributed by atoms with Crippen LogP contribution in [0.2, 0.25) is 0 Å². The van der Waals surface area contributed by atoms with Gasteiger partial charge in [-0.15, -0.1) is 11.3 Å². The van der Waals surface area contributed by atoms with Crippen molar-refractivity contribution in [1.82, 2.24) is 19.7 Å². The SMILES string of the molecule is C[C@@H](c1nc(-c2ccc(C#N)cc2)cs1)[C@]1(OCOP(=O)([O-])O)Cn2ncnc2-c2ccccc21. The minimum absolute atomic E-state index is 0.226. The Bertz CT molecular complexity index is 1460. The molecule has 0 bridgehead atoms. The number of rotatable bonds is 7. The van der Waals surface area contributed by atoms with Crippen molar-refractivity contribution in [2.24, 2.45) is 0 Å². The highest BCUT2D eigenvalue weighted by atomic mass is 32.1. The molecular formula is C23H19N5O5PS-. The molecule has 2 aromatic heterocycles. The molecule has 10 nitrogen and oxygen atoms in total. The lowest BCUT2D eigenvalue weighted by Gasteiger charge is -2.42. The van der Waals surface area contributed by atoms with E-state index in [9.17, 15) is 9.46 Å². The zero-order valence-electron chi connectivity index (χ0n) is 18.4. The summed E-state index contributed by atoms with van der Waals surface area (Å²) in [5.41, 5.74) is 2.63. The monoisotopic (exact) mass is 508 g/mol. The van der Waals surface area contributed by atoms with Crippen LogP contribution in [0, 0.1) is 11.3 Å². The van der Waals surface area contributed by atoms with E-state index in [0.717, 1.165) is 27.4 Å². The predicted octanol–water partition coefficient (Wildman–Crippen LogP) is 3.40. The van der Waals surface area contributed by atoms with Gasteiger partial charge in [-0.25, -0.2) is 14.6 Å². The topological polar surface area (TPSA) is 146 Å². The Morgan fingerprint density at radius 2 is 2.09 bits per heavy atom. The highest BCUT2D eigenvalue weighted by Gasteiger charge is 2.47. The molecule has 3 atom stereocenters. The lowest BCUT2D eigenvalue weighted by Crippen LogP contribution is -2.43. The molecule has 1 aliphatic rings. The van der Waals surface area contributed by atoms with Crippen molar-refractivity contribution in [3.05, 3.63) is 76.4 Å². The summed E-state index contributed by atoms with van der Waals surface area (Å²) in [5, 5.41) is 16.1. The lowest BCUT2D eigenvalue weighted by molar-refractivity contribution is -0.236. The molecule has 5 rings (SSSR count). The van der Waals surface area contributed by atoms with E-state index in [1.165, 1.54) is 17.7 Å². The Labute approximate surface area is 204 Å². The summed E-state index contributed by atoms with van der Waals surface area (Å²) < 4.78 is 23.7. The Morgan fingerprint density at radius 3 is 2.83 bits per heavy atom. The standard InChI is InChI=1S/C23H20N5O5PS/c1-15(22-27-20(11-35-22)17-8-6-16(10-24)7-9-17)23(32-14-33-34(29,30)31)12-28-21(25-13-26-28)18-4-2-3-5-19(18)23/h2-9,11,13,15H,12,14H2,1H3,(H2,29,30,31)/p-1/t15-,23+/m0/s1. The Hall–Kier alpha value is -3.23. The average Bonchev–Trinajstić information content (AvgIpc) is 3.53. The number of hydrogen-bond acceptors (Lipinski definition) is 9. The number of nitrogens with zero attached hydrogens (tertiary/aromatic N) is 5. The van der Waals surface area contributed by atoms with Gasteiger partial charge in [0.05, 0.1) is 28.9 Å². The molecule has 0 saturated heterocycles. The molecular weight excluding hydrogens is 489 g/mol. The molecule has 0 radical (unpaired) electrons. The Balaban J connectivity index is 1.56. The molecule has 0 aliphatic carbocycles. The smallest absolute Gasteiger partial charge is 0.267 e. The van der Waals surface area contributed by atoms with Gasteiger partial charge in [0.1, 0.15) is 11.9 Å². The summed E-state index contributed by atoms with van der Waals surface area (Å²) in [4.78, 5) is 29.6. The molecule has 0 spiro atoms. The van der Waals surface area contributed by atoms with Crippen LogP contribution in [0.25, 0.3) is 22.6 Å². The maximum absolute atomic E-state index is 11.2. The molecule has 2 aromatic carbocycles. The van der Waals surface area contributed by atoms with E-state index in [0.29, 0.717) is 11.4 Å². The molecule has 4 aromatic rings. The van der Waals surface area contributed by atoms with Crippen LogP contribution in [-0.2, 0) is 26.0 Å². The van der Waals surface area contributed by atoms with E-state index >= 15 is 0 Å². The van der Waals surface area contributed by atoms with E-state index in [4.69, 9.17) is 19.9 Å². The van der Waals surface area contributed by atoms with E-state index in [1.54, 1.807) is 16.8 Å². The number of hydrogen-bond donors (Lipinski definition) is 1. The van der Waals surface area contributed by atoms with Crippen LogP contribution >= 0.6 is 19.2 Å². The molecule has 1 N–H and O–H groups in total. The van der Waals surface area contributed by atoms with E-state index < -0.39 is 20.2 Å². The number of ether oxygens (including phenoxy) is 1. The molecule has 0 saturated carbocycles. The first-order valence-electron chi connectivity index (χ1n) is 10.6. The molecule has 0 fully saturated rings. The van der Waals surface area contributed by atoms with Gasteiger partial charge in [0.15, 0.2) is 12.6 Å². The number of nitriles is 1. The van der Waals surface area contributed by atoms with Crippen LogP contribution in [-0.4, -0.2) is 31.4 Å². The van der Waals surface area contributed by atoms with Crippen molar-refractivity contribution >= 4 is 19.2 Å². The number of phosphoric ester groups is 1. The summed E-state index contributed by atoms with van der Waals surface area (Å²) in [7, 11) is -4.99. The van der Waals surface area contributed by atoms with Crippen molar-refractivity contribution in [2.75, 3.05) is 6.79 Å². The summed E-state index contributed by atoms with van der Waals surface area (Å²) in [6.07, 6.45) is 1.45. The molecule has 1 aliphatic heterocycles. The Kier molecular flexibility index (Phi) is 6.11. The molecule has 12 heteroatoms. The van der Waals surface area contributed by atoms with Crippen LogP contribution in [0.4, 0.5) is 0 Å². The second kappa shape index (κ2) is 9.09. The van der Waals surface area contributed by atoms with E-state index in [-0.39, 0.29) is 12.5 Å². The third-order valence-electron chi connectivity index (χ3n) is 6.06. The largest absolute Gasteiger partial charge is 0.756 e. The van der Waals surface area contributed by atoms with Crippen LogP contribution in [0.1, 0.15) is 29.0 Å². The Morgan fingerprint density at radius 1 is 1.31 bits per heavy atom. The van der Waals surface area contributed by atoms with Crippen molar-refractivity contribution in [3.63, 3.8) is 0 Å². The summed E-state index contributed by atoms with van der Waals surface area (Å²) in [6.45, 7) is 1.48. The normalized spacial score (nSPS) is 19.3. The second-order valence-electron chi connectivity index (χ2n) is 8.02. The molecule has 35 heavy (non-hydrogen) atoms. The number of aromatic nitrogens is 4. The van der Waals surface area contributed by atoms with Gasteiger partial charge in [-0.05, 0) is 17.7 Å². The van der Waals surface area contributed by atoms with Crippen LogP contribution in [0.3, 0.4) is 0 Å². The maximum Gasteiger partial charge on any atom is 0.267 e. The van der Waals surface area contributed by atoms with Crippen LogP contribution in [0.15, 0.2) is 60.2 Å². The van der Waals surface area contributed by atoms with Gasteiger partial charge in [-0.3, -0.25) is 9.09 Å². The third-order valence-corrected chi connectivity index (χ3v) is 7.52. The lowest BCUT2D eigenvalue weighted by atomic mass is 9.78. The van der Waals surface area contributed by atoms with Gasteiger partial charge in [-0.1, -0.05) is 43.3 Å². The zero-order valence-corrected chi connectivity index (χ0v) is 20.1.